The molecule has 2 saturated heterocycles. The third-order valence-electron chi connectivity index (χ3n) is 5.68. The average Bonchev–Trinajstić information content (AvgIpc) is 3.07. The van der Waals surface area contributed by atoms with Crippen LogP contribution in [0.15, 0.2) is 53.6 Å². The van der Waals surface area contributed by atoms with Gasteiger partial charge in [0, 0.05) is 51.0 Å². The molecule has 2 amide bonds. The van der Waals surface area contributed by atoms with Crippen molar-refractivity contribution in [2.24, 2.45) is 0 Å². The van der Waals surface area contributed by atoms with E-state index in [1.807, 2.05) is 66.6 Å². The van der Waals surface area contributed by atoms with E-state index in [1.54, 1.807) is 0 Å². The molecule has 2 aliphatic heterocycles. The van der Waals surface area contributed by atoms with Crippen LogP contribution in [0.5, 0.6) is 0 Å². The molecule has 3 heterocycles. The monoisotopic (exact) mass is 466 g/mol. The molecular formula is C24H26N4O2S2. The molecule has 2 aliphatic rings. The van der Waals surface area contributed by atoms with Gasteiger partial charge in [-0.3, -0.25) is 24.4 Å². The van der Waals surface area contributed by atoms with Crippen LogP contribution in [0.1, 0.15) is 16.8 Å². The highest BCUT2D eigenvalue weighted by molar-refractivity contribution is 8.26. The molecule has 0 atom stereocenters. The fraction of sp³-hybridized carbons (Fsp3) is 0.333. The molecule has 2 fully saturated rings. The minimum absolute atomic E-state index is 0.00381. The van der Waals surface area contributed by atoms with E-state index in [-0.39, 0.29) is 18.4 Å². The molecule has 0 bridgehead atoms. The van der Waals surface area contributed by atoms with Crippen LogP contribution < -0.4 is 0 Å². The second-order valence-corrected chi connectivity index (χ2v) is 9.65. The van der Waals surface area contributed by atoms with Crippen LogP contribution in [0, 0.1) is 6.92 Å². The predicted octanol–water partition coefficient (Wildman–Crippen LogP) is 2.98. The number of thiocarbonyl (C=S) groups is 1. The number of thioether (sulfide) groups is 1. The number of hydrogen-bond donors (Lipinski definition) is 0. The van der Waals surface area contributed by atoms with E-state index in [0.717, 1.165) is 42.9 Å². The van der Waals surface area contributed by atoms with Crippen LogP contribution in [0.4, 0.5) is 0 Å². The summed E-state index contributed by atoms with van der Waals surface area (Å²) in [4.78, 5) is 36.2. The van der Waals surface area contributed by atoms with Gasteiger partial charge >= 0.3 is 0 Å². The lowest BCUT2D eigenvalue weighted by Gasteiger charge is -2.35. The molecule has 0 saturated carbocycles. The molecule has 0 unspecified atom stereocenters. The molecule has 0 aliphatic carbocycles. The maximum absolute atomic E-state index is 12.8. The molecule has 166 valence electrons. The number of aryl methyl sites for hydroxylation is 1. The minimum Gasteiger partial charge on any atom is -0.339 e. The summed E-state index contributed by atoms with van der Waals surface area (Å²) in [6.45, 7) is 5.93. The van der Waals surface area contributed by atoms with Crippen molar-refractivity contribution >= 4 is 46.2 Å². The van der Waals surface area contributed by atoms with Crippen molar-refractivity contribution in [3.05, 3.63) is 70.4 Å². The van der Waals surface area contributed by atoms with E-state index < -0.39 is 0 Å². The third kappa shape index (κ3) is 5.62. The van der Waals surface area contributed by atoms with Crippen molar-refractivity contribution in [3.8, 4) is 0 Å². The summed E-state index contributed by atoms with van der Waals surface area (Å²) in [5, 5.41) is 0. The van der Waals surface area contributed by atoms with E-state index in [2.05, 4.69) is 9.88 Å². The zero-order valence-electron chi connectivity index (χ0n) is 18.1. The van der Waals surface area contributed by atoms with Gasteiger partial charge in [-0.15, -0.1) is 0 Å². The summed E-state index contributed by atoms with van der Waals surface area (Å²) in [5.41, 5.74) is 3.19. The molecule has 2 aromatic rings. The summed E-state index contributed by atoms with van der Waals surface area (Å²) in [7, 11) is 0. The van der Waals surface area contributed by atoms with Crippen molar-refractivity contribution in [2.45, 2.75) is 13.3 Å². The van der Waals surface area contributed by atoms with Crippen molar-refractivity contribution in [1.82, 2.24) is 19.7 Å². The number of carbonyl (C=O) groups is 2. The Kier molecular flexibility index (Phi) is 7.34. The molecule has 1 aromatic carbocycles. The smallest absolute Gasteiger partial charge is 0.266 e. The molecule has 0 spiro atoms. The van der Waals surface area contributed by atoms with Crippen LogP contribution >= 0.6 is 24.0 Å². The Hall–Kier alpha value is -2.55. The minimum atomic E-state index is -0.192. The first kappa shape index (κ1) is 22.6. The highest BCUT2D eigenvalue weighted by Crippen LogP contribution is 2.32. The van der Waals surface area contributed by atoms with Crippen LogP contribution in [0.3, 0.4) is 0 Å². The second kappa shape index (κ2) is 10.4. The lowest BCUT2D eigenvalue weighted by atomic mass is 10.1. The van der Waals surface area contributed by atoms with Gasteiger partial charge < -0.3 is 4.90 Å². The molecular weight excluding hydrogens is 440 g/mol. The Morgan fingerprint density at radius 1 is 1.12 bits per heavy atom. The number of carbonyl (C=O) groups excluding carboxylic acids is 2. The molecule has 0 N–H and O–H groups in total. The Morgan fingerprint density at radius 2 is 1.88 bits per heavy atom. The number of amides is 2. The van der Waals surface area contributed by atoms with Crippen molar-refractivity contribution < 1.29 is 9.59 Å². The van der Waals surface area contributed by atoms with E-state index in [4.69, 9.17) is 12.2 Å². The first-order chi connectivity index (χ1) is 15.5. The fourth-order valence-electron chi connectivity index (χ4n) is 3.73. The molecule has 6 nitrogen and oxygen atoms in total. The predicted molar refractivity (Wildman–Crippen MR) is 132 cm³/mol. The van der Waals surface area contributed by atoms with Crippen LogP contribution in [-0.4, -0.2) is 75.1 Å². The Balaban J connectivity index is 1.28. The fourth-order valence-corrected chi connectivity index (χ4v) is 4.98. The third-order valence-corrected chi connectivity index (χ3v) is 7.06. The summed E-state index contributed by atoms with van der Waals surface area (Å²) in [5.74, 6) is -0.245. The van der Waals surface area contributed by atoms with Crippen molar-refractivity contribution in [3.63, 3.8) is 0 Å². The Morgan fingerprint density at radius 3 is 2.56 bits per heavy atom. The van der Waals surface area contributed by atoms with Gasteiger partial charge in [0.25, 0.3) is 5.91 Å². The van der Waals surface area contributed by atoms with Crippen LogP contribution in [-0.2, 0) is 16.0 Å². The highest BCUT2D eigenvalue weighted by atomic mass is 32.2. The summed E-state index contributed by atoms with van der Waals surface area (Å²) in [6, 6.07) is 13.9. The summed E-state index contributed by atoms with van der Waals surface area (Å²) in [6.07, 6.45) is 4.55. The maximum atomic E-state index is 12.8. The Labute approximate surface area is 198 Å². The highest BCUT2D eigenvalue weighted by Gasteiger charge is 2.34. The zero-order chi connectivity index (χ0) is 22.5. The quantitative estimate of drug-likeness (QED) is 0.482. The largest absolute Gasteiger partial charge is 0.339 e. The van der Waals surface area contributed by atoms with Gasteiger partial charge in [-0.2, -0.15) is 0 Å². The van der Waals surface area contributed by atoms with E-state index in [0.29, 0.717) is 22.3 Å². The van der Waals surface area contributed by atoms with Crippen molar-refractivity contribution in [1.29, 1.82) is 0 Å². The number of nitrogens with zero attached hydrogens (tertiary/aromatic N) is 4. The summed E-state index contributed by atoms with van der Waals surface area (Å²) >= 11 is 6.65. The first-order valence-electron chi connectivity index (χ1n) is 10.7. The van der Waals surface area contributed by atoms with Crippen molar-refractivity contribution in [2.75, 3.05) is 39.3 Å². The SMILES string of the molecule is Cc1ccc(/C=C2\SC(=S)N(CC(=O)N3CCN(CCc4ccccn4)CC3)C2=O)cc1. The zero-order valence-corrected chi connectivity index (χ0v) is 19.7. The number of benzene rings is 1. The van der Waals surface area contributed by atoms with Crippen LogP contribution in [0.25, 0.3) is 6.08 Å². The van der Waals surface area contributed by atoms with Gasteiger partial charge in [0.2, 0.25) is 5.91 Å². The van der Waals surface area contributed by atoms with Gasteiger partial charge in [-0.05, 0) is 30.7 Å². The van der Waals surface area contributed by atoms with E-state index in [9.17, 15) is 9.59 Å². The number of aromatic nitrogens is 1. The molecule has 1 aromatic heterocycles. The van der Waals surface area contributed by atoms with Gasteiger partial charge in [-0.1, -0.05) is 59.9 Å². The molecule has 4 rings (SSSR count). The van der Waals surface area contributed by atoms with E-state index >= 15 is 0 Å². The molecule has 32 heavy (non-hydrogen) atoms. The normalized spacial score (nSPS) is 18.6. The lowest BCUT2D eigenvalue weighted by molar-refractivity contribution is -0.136. The summed E-state index contributed by atoms with van der Waals surface area (Å²) < 4.78 is 0.440. The van der Waals surface area contributed by atoms with E-state index in [1.165, 1.54) is 16.7 Å². The standard InChI is InChI=1S/C24H26N4O2S2/c1-18-5-7-19(8-6-18)16-21-23(30)28(24(31)32-21)17-22(29)27-14-12-26(13-15-27)11-9-20-4-2-3-10-25-20/h2-8,10,16H,9,11-15,17H2,1H3/b21-16-. The number of piperazine rings is 1. The topological polar surface area (TPSA) is 56.8 Å². The van der Waals surface area contributed by atoms with Gasteiger partial charge in [0.15, 0.2) is 0 Å². The first-order valence-corrected chi connectivity index (χ1v) is 11.9. The van der Waals surface area contributed by atoms with Gasteiger partial charge in [0.1, 0.15) is 10.9 Å². The average molecular weight is 467 g/mol. The number of hydrogen-bond acceptors (Lipinski definition) is 6. The maximum Gasteiger partial charge on any atom is 0.266 e. The lowest BCUT2D eigenvalue weighted by Crippen LogP contribution is -2.51. The molecule has 0 radical (unpaired) electrons. The number of pyridine rings is 1. The Bertz CT molecular complexity index is 1020. The van der Waals surface area contributed by atoms with Gasteiger partial charge in [-0.25, -0.2) is 0 Å². The molecule has 8 heteroatoms. The second-order valence-electron chi connectivity index (χ2n) is 7.97. The van der Waals surface area contributed by atoms with Gasteiger partial charge in [0.05, 0.1) is 4.91 Å². The number of rotatable bonds is 6. The van der Waals surface area contributed by atoms with Crippen LogP contribution in [0.2, 0.25) is 0 Å².